The molecule has 1 aromatic carbocycles. The Labute approximate surface area is 97.0 Å². The van der Waals surface area contributed by atoms with Crippen molar-refractivity contribution in [2.45, 2.75) is 13.3 Å². The van der Waals surface area contributed by atoms with Crippen LogP contribution in [0.4, 0.5) is 8.87 Å². The van der Waals surface area contributed by atoms with Crippen LogP contribution in [0.2, 0.25) is 0 Å². The maximum Gasteiger partial charge on any atom is 0.226 e. The van der Waals surface area contributed by atoms with Crippen LogP contribution in [0, 0.1) is 5.95 Å². The van der Waals surface area contributed by atoms with E-state index in [1.165, 1.54) is 13.0 Å². The quantitative estimate of drug-likeness (QED) is 0.873. The van der Waals surface area contributed by atoms with Crippen molar-refractivity contribution in [3.05, 3.63) is 35.8 Å². The molecule has 1 heterocycles. The van der Waals surface area contributed by atoms with Gasteiger partial charge in [0.2, 0.25) is 11.9 Å². The molecule has 0 atom stereocenters. The Morgan fingerprint density at radius 2 is 2.12 bits per heavy atom. The van der Waals surface area contributed by atoms with Gasteiger partial charge in [-0.25, -0.2) is 0 Å². The smallest absolute Gasteiger partial charge is 0.226 e. The van der Waals surface area contributed by atoms with Gasteiger partial charge in [0, 0.05) is 24.4 Å². The van der Waals surface area contributed by atoms with Crippen molar-refractivity contribution in [2.24, 2.45) is 0 Å². The van der Waals surface area contributed by atoms with Crippen molar-refractivity contribution in [1.29, 1.82) is 0 Å². The summed E-state index contributed by atoms with van der Waals surface area (Å²) >= 11 is 0. The summed E-state index contributed by atoms with van der Waals surface area (Å²) in [5, 5.41) is 3.10. The average molecular weight is 238 g/mol. The molecule has 1 N–H and O–H groups in total. The van der Waals surface area contributed by atoms with Crippen LogP contribution >= 0.6 is 0 Å². The van der Waals surface area contributed by atoms with E-state index in [1.807, 2.05) is 0 Å². The normalized spacial score (nSPS) is 10.8. The molecule has 0 saturated heterocycles. The van der Waals surface area contributed by atoms with Crippen molar-refractivity contribution in [3.8, 4) is 0 Å². The Balaban J connectivity index is 2.33. The monoisotopic (exact) mass is 238 g/mol. The first-order valence-electron chi connectivity index (χ1n) is 5.29. The van der Waals surface area contributed by atoms with E-state index in [-0.39, 0.29) is 28.2 Å². The molecule has 17 heavy (non-hydrogen) atoms. The van der Waals surface area contributed by atoms with Gasteiger partial charge >= 0.3 is 0 Å². The number of nitrogens with zero attached hydrogens (tertiary/aromatic N) is 1. The minimum Gasteiger partial charge on any atom is -0.356 e. The van der Waals surface area contributed by atoms with Gasteiger partial charge in [-0.05, 0) is 12.5 Å². The average Bonchev–Trinajstić information content (AvgIpc) is 2.54. The number of hydrogen-bond acceptors (Lipinski definition) is 1. The van der Waals surface area contributed by atoms with Gasteiger partial charge in [-0.2, -0.15) is 9.18 Å². The highest BCUT2D eigenvalue weighted by Crippen LogP contribution is 2.25. The van der Waals surface area contributed by atoms with Crippen molar-refractivity contribution >= 4 is 16.8 Å². The minimum atomic E-state index is -0.892. The minimum absolute atomic E-state index is 0.0401. The Morgan fingerprint density at radius 3 is 2.82 bits per heavy atom. The van der Waals surface area contributed by atoms with Crippen LogP contribution in [0.15, 0.2) is 24.3 Å². The van der Waals surface area contributed by atoms with Crippen LogP contribution in [0.1, 0.15) is 12.5 Å². The number of nitrogens with one attached hydrogen (secondary N) is 1. The van der Waals surface area contributed by atoms with Crippen LogP contribution in [0.5, 0.6) is 0 Å². The largest absolute Gasteiger partial charge is 0.356 e. The Bertz CT molecular complexity index is 563. The number of carbonyl (C=O) groups excluding carboxylic acids is 1. The van der Waals surface area contributed by atoms with Crippen LogP contribution in [0.25, 0.3) is 10.9 Å². The number of halogens is 2. The number of fused-ring (bicyclic) bond motifs is 1. The van der Waals surface area contributed by atoms with Gasteiger partial charge in [-0.15, -0.1) is 0 Å². The highest BCUT2D eigenvalue weighted by molar-refractivity contribution is 5.84. The molecule has 0 aliphatic rings. The summed E-state index contributed by atoms with van der Waals surface area (Å²) in [5.41, 5.74) is 0.500. The molecule has 0 saturated carbocycles. The third-order valence-corrected chi connectivity index (χ3v) is 2.61. The van der Waals surface area contributed by atoms with E-state index in [2.05, 4.69) is 5.32 Å². The van der Waals surface area contributed by atoms with Crippen molar-refractivity contribution in [1.82, 2.24) is 10.1 Å². The predicted molar refractivity (Wildman–Crippen MR) is 60.8 cm³/mol. The Kier molecular flexibility index (Phi) is 3.08. The molecule has 3 nitrogen and oxygen atoms in total. The second-order valence-corrected chi connectivity index (χ2v) is 3.80. The Hall–Kier alpha value is -1.91. The lowest BCUT2D eigenvalue weighted by Crippen LogP contribution is -2.22. The number of carbonyl (C=O) groups is 1. The maximum atomic E-state index is 13.6. The molecule has 2 aromatic rings. The molecule has 0 unspecified atom stereocenters. The van der Waals surface area contributed by atoms with Crippen molar-refractivity contribution < 1.29 is 13.7 Å². The van der Waals surface area contributed by atoms with Gasteiger partial charge in [-0.1, -0.05) is 22.7 Å². The summed E-state index contributed by atoms with van der Waals surface area (Å²) in [6, 6.07) is 6.55. The molecule has 2 rings (SSSR count). The zero-order chi connectivity index (χ0) is 12.4. The number of amides is 1. The lowest BCUT2D eigenvalue weighted by molar-refractivity contribution is -0.118. The van der Waals surface area contributed by atoms with E-state index in [0.29, 0.717) is 11.9 Å². The predicted octanol–water partition coefficient (Wildman–Crippen LogP) is 2.19. The fraction of sp³-hybridized carbons (Fsp3) is 0.250. The molecule has 1 amide bonds. The zero-order valence-electron chi connectivity index (χ0n) is 9.34. The first-order valence-corrected chi connectivity index (χ1v) is 5.29. The molecular weight excluding hydrogens is 226 g/mol. The summed E-state index contributed by atoms with van der Waals surface area (Å²) in [7, 11) is 0. The van der Waals surface area contributed by atoms with Gasteiger partial charge in [0.25, 0.3) is 0 Å². The van der Waals surface area contributed by atoms with Crippen LogP contribution in [0.3, 0.4) is 0 Å². The first kappa shape index (κ1) is 11.6. The van der Waals surface area contributed by atoms with Crippen LogP contribution in [-0.4, -0.2) is 17.2 Å². The van der Waals surface area contributed by atoms with E-state index < -0.39 is 5.95 Å². The first-order chi connectivity index (χ1) is 8.11. The van der Waals surface area contributed by atoms with E-state index in [4.69, 9.17) is 0 Å². The van der Waals surface area contributed by atoms with Crippen LogP contribution < -0.4 is 5.32 Å². The molecule has 5 heteroatoms. The molecule has 0 radical (unpaired) electrons. The van der Waals surface area contributed by atoms with E-state index >= 15 is 0 Å². The fourth-order valence-electron chi connectivity index (χ4n) is 1.84. The highest BCUT2D eigenvalue weighted by atomic mass is 19.2. The zero-order valence-corrected chi connectivity index (χ0v) is 9.34. The lowest BCUT2D eigenvalue weighted by atomic mass is 10.1. The summed E-state index contributed by atoms with van der Waals surface area (Å²) in [5.74, 6) is -1.08. The SMILES string of the molecule is CC(=O)NCCc1c(F)n(F)c2ccccc12. The number of benzene rings is 1. The number of rotatable bonds is 3. The van der Waals surface area contributed by atoms with E-state index in [9.17, 15) is 13.7 Å². The van der Waals surface area contributed by atoms with Crippen LogP contribution in [-0.2, 0) is 11.2 Å². The third kappa shape index (κ3) is 2.13. The van der Waals surface area contributed by atoms with Crippen molar-refractivity contribution in [3.63, 3.8) is 0 Å². The molecule has 1 aromatic heterocycles. The highest BCUT2D eigenvalue weighted by Gasteiger charge is 2.16. The van der Waals surface area contributed by atoms with E-state index in [0.717, 1.165) is 0 Å². The van der Waals surface area contributed by atoms with Gasteiger partial charge < -0.3 is 5.32 Å². The summed E-state index contributed by atoms with van der Waals surface area (Å²) in [4.78, 5) is 10.7. The maximum absolute atomic E-state index is 13.6. The Morgan fingerprint density at radius 1 is 1.41 bits per heavy atom. The molecule has 0 spiro atoms. The summed E-state index contributed by atoms with van der Waals surface area (Å²) in [6.07, 6.45) is 0.267. The lowest BCUT2D eigenvalue weighted by Gasteiger charge is -2.01. The molecule has 90 valence electrons. The number of para-hydroxylation sites is 1. The molecular formula is C12H12F2N2O. The second kappa shape index (κ2) is 4.53. The fourth-order valence-corrected chi connectivity index (χ4v) is 1.84. The second-order valence-electron chi connectivity index (χ2n) is 3.80. The van der Waals surface area contributed by atoms with E-state index in [1.54, 1.807) is 18.2 Å². The molecule has 0 aliphatic heterocycles. The molecule has 0 fully saturated rings. The van der Waals surface area contributed by atoms with Gasteiger partial charge in [0.15, 0.2) is 0 Å². The standard InChI is InChI=1S/C12H12F2N2O/c1-8(17)15-7-6-10-9-4-2-3-5-11(9)16(14)12(10)13/h2-5H,6-7H2,1H3,(H,15,17). The summed E-state index contributed by atoms with van der Waals surface area (Å²) < 4.78 is 27.1. The number of aromatic nitrogens is 1. The third-order valence-electron chi connectivity index (χ3n) is 2.61. The summed E-state index contributed by atoms with van der Waals surface area (Å²) in [6.45, 7) is 1.68. The van der Waals surface area contributed by atoms with Crippen molar-refractivity contribution in [2.75, 3.05) is 6.54 Å². The van der Waals surface area contributed by atoms with Gasteiger partial charge in [0.05, 0.1) is 5.52 Å². The molecule has 0 bridgehead atoms. The topological polar surface area (TPSA) is 34.0 Å². The number of hydrogen-bond donors (Lipinski definition) is 1. The molecule has 0 aliphatic carbocycles. The van der Waals surface area contributed by atoms with Gasteiger partial charge in [0.1, 0.15) is 0 Å². The van der Waals surface area contributed by atoms with Gasteiger partial charge in [-0.3, -0.25) is 4.79 Å².